The second kappa shape index (κ2) is 5.17. The highest BCUT2D eigenvalue weighted by atomic mass is 16.1. The van der Waals surface area contributed by atoms with Gasteiger partial charge in [0.05, 0.1) is 5.52 Å². The van der Waals surface area contributed by atoms with E-state index in [1.807, 2.05) is 24.4 Å². The summed E-state index contributed by atoms with van der Waals surface area (Å²) in [6, 6.07) is 8.73. The number of rotatable bonds is 2. The van der Waals surface area contributed by atoms with Crippen LogP contribution < -0.4 is 5.32 Å². The first-order valence-electron chi connectivity index (χ1n) is 7.09. The number of carbonyl (C=O) groups is 1. The van der Waals surface area contributed by atoms with Crippen molar-refractivity contribution < 1.29 is 4.79 Å². The van der Waals surface area contributed by atoms with Gasteiger partial charge in [0.15, 0.2) is 0 Å². The van der Waals surface area contributed by atoms with Crippen molar-refractivity contribution in [2.24, 2.45) is 0 Å². The Bertz CT molecular complexity index is 594. The van der Waals surface area contributed by atoms with E-state index in [2.05, 4.69) is 11.4 Å². The Morgan fingerprint density at radius 2 is 2.21 bits per heavy atom. The summed E-state index contributed by atoms with van der Waals surface area (Å²) < 4.78 is 1.77. The van der Waals surface area contributed by atoms with Gasteiger partial charge in [-0.15, -0.1) is 0 Å². The van der Waals surface area contributed by atoms with E-state index in [4.69, 9.17) is 0 Å². The fourth-order valence-electron chi connectivity index (χ4n) is 3.04. The van der Waals surface area contributed by atoms with Crippen LogP contribution in [0.25, 0.3) is 10.9 Å². The van der Waals surface area contributed by atoms with Crippen molar-refractivity contribution in [1.29, 1.82) is 0 Å². The molecule has 3 rings (SSSR count). The molecule has 1 saturated heterocycles. The van der Waals surface area contributed by atoms with E-state index < -0.39 is 0 Å². The summed E-state index contributed by atoms with van der Waals surface area (Å²) in [5.41, 5.74) is 2.31. The smallest absolute Gasteiger partial charge is 0.227 e. The zero-order valence-electron chi connectivity index (χ0n) is 11.4. The number of nitrogens with one attached hydrogen (secondary N) is 1. The molecule has 3 heteroatoms. The Kier molecular flexibility index (Phi) is 3.38. The molecule has 3 nitrogen and oxygen atoms in total. The monoisotopic (exact) mass is 256 g/mol. The summed E-state index contributed by atoms with van der Waals surface area (Å²) in [5, 5.41) is 4.79. The quantitative estimate of drug-likeness (QED) is 0.896. The second-order valence-electron chi connectivity index (χ2n) is 5.41. The number of para-hydroxylation sites is 1. The van der Waals surface area contributed by atoms with Crippen LogP contribution in [0.1, 0.15) is 36.5 Å². The number of hydrogen-bond donors (Lipinski definition) is 1. The second-order valence-corrected chi connectivity index (χ2v) is 5.41. The van der Waals surface area contributed by atoms with Crippen molar-refractivity contribution in [2.75, 3.05) is 6.54 Å². The van der Waals surface area contributed by atoms with E-state index in [1.54, 1.807) is 11.5 Å². The molecular weight excluding hydrogens is 236 g/mol. The first-order chi connectivity index (χ1) is 9.25. The molecule has 1 aromatic carbocycles. The Balaban J connectivity index is 1.96. The highest BCUT2D eigenvalue weighted by Gasteiger charge is 2.17. The maximum absolute atomic E-state index is 11.7. The molecule has 1 aliphatic rings. The number of fused-ring (bicyclic) bond motifs is 1. The molecular formula is C16H20N2O. The summed E-state index contributed by atoms with van der Waals surface area (Å²) in [4.78, 5) is 11.7. The predicted octanol–water partition coefficient (Wildman–Crippen LogP) is 2.99. The average Bonchev–Trinajstić information content (AvgIpc) is 2.79. The van der Waals surface area contributed by atoms with E-state index in [9.17, 15) is 4.79 Å². The van der Waals surface area contributed by atoms with Crippen molar-refractivity contribution in [3.05, 3.63) is 36.0 Å². The van der Waals surface area contributed by atoms with Crippen molar-refractivity contribution in [2.45, 2.75) is 38.6 Å². The van der Waals surface area contributed by atoms with Gasteiger partial charge in [0.25, 0.3) is 0 Å². The van der Waals surface area contributed by atoms with Gasteiger partial charge in [-0.2, -0.15) is 0 Å². The van der Waals surface area contributed by atoms with Gasteiger partial charge in [-0.25, -0.2) is 0 Å². The van der Waals surface area contributed by atoms with E-state index in [0.717, 1.165) is 18.5 Å². The van der Waals surface area contributed by atoms with Crippen LogP contribution in [0.15, 0.2) is 30.5 Å². The molecule has 0 aliphatic carbocycles. The molecule has 1 aromatic heterocycles. The van der Waals surface area contributed by atoms with Crippen LogP contribution in [0.2, 0.25) is 0 Å². The normalized spacial score (nSPS) is 19.7. The van der Waals surface area contributed by atoms with Gasteiger partial charge in [-0.3, -0.25) is 9.36 Å². The predicted molar refractivity (Wildman–Crippen MR) is 77.6 cm³/mol. The molecule has 2 aromatic rings. The number of aromatic nitrogens is 1. The third kappa shape index (κ3) is 2.43. The zero-order valence-corrected chi connectivity index (χ0v) is 11.4. The lowest BCUT2D eigenvalue weighted by Crippen LogP contribution is -2.35. The first-order valence-corrected chi connectivity index (χ1v) is 7.09. The molecule has 19 heavy (non-hydrogen) atoms. The Morgan fingerprint density at radius 3 is 2.95 bits per heavy atom. The fourth-order valence-corrected chi connectivity index (χ4v) is 3.04. The highest BCUT2D eigenvalue weighted by Crippen LogP contribution is 2.24. The molecule has 1 N–H and O–H groups in total. The third-order valence-electron chi connectivity index (χ3n) is 4.01. The lowest BCUT2D eigenvalue weighted by atomic mass is 9.97. The molecule has 0 bridgehead atoms. The van der Waals surface area contributed by atoms with Crippen LogP contribution in [0.3, 0.4) is 0 Å². The topological polar surface area (TPSA) is 34.0 Å². The van der Waals surface area contributed by atoms with Crippen LogP contribution in [0.4, 0.5) is 0 Å². The van der Waals surface area contributed by atoms with Gasteiger partial charge < -0.3 is 5.32 Å². The van der Waals surface area contributed by atoms with Crippen molar-refractivity contribution in [3.63, 3.8) is 0 Å². The van der Waals surface area contributed by atoms with Crippen molar-refractivity contribution in [3.8, 4) is 0 Å². The van der Waals surface area contributed by atoms with Crippen LogP contribution >= 0.6 is 0 Å². The number of benzene rings is 1. The third-order valence-corrected chi connectivity index (χ3v) is 4.01. The van der Waals surface area contributed by atoms with Gasteiger partial charge in [-0.1, -0.05) is 24.6 Å². The van der Waals surface area contributed by atoms with E-state index >= 15 is 0 Å². The minimum atomic E-state index is 0.0825. The first kappa shape index (κ1) is 12.4. The fraction of sp³-hybridized carbons (Fsp3) is 0.438. The number of carbonyl (C=O) groups excluding carboxylic acids is 1. The van der Waals surface area contributed by atoms with Gasteiger partial charge in [0, 0.05) is 24.5 Å². The molecule has 0 spiro atoms. The summed E-state index contributed by atoms with van der Waals surface area (Å²) in [6.45, 7) is 2.74. The number of nitrogens with zero attached hydrogens (tertiary/aromatic N) is 1. The lowest BCUT2D eigenvalue weighted by Gasteiger charge is -2.23. The average molecular weight is 256 g/mol. The summed E-state index contributed by atoms with van der Waals surface area (Å²) >= 11 is 0. The molecule has 1 atom stereocenters. The van der Waals surface area contributed by atoms with Gasteiger partial charge >= 0.3 is 0 Å². The van der Waals surface area contributed by atoms with E-state index in [1.165, 1.54) is 30.2 Å². The van der Waals surface area contributed by atoms with Crippen molar-refractivity contribution >= 4 is 16.8 Å². The van der Waals surface area contributed by atoms with Crippen molar-refractivity contribution in [1.82, 2.24) is 9.88 Å². The summed E-state index contributed by atoms with van der Waals surface area (Å²) in [6.07, 6.45) is 6.86. The molecule has 1 aliphatic heterocycles. The SMILES string of the molecule is CC(=O)n1cc(CC2CCCCN2)c2ccccc21. The minimum Gasteiger partial charge on any atom is -0.314 e. The summed E-state index contributed by atoms with van der Waals surface area (Å²) in [5.74, 6) is 0.0825. The standard InChI is InChI=1S/C16H20N2O/c1-12(19)18-11-13(10-14-6-4-5-9-17-14)15-7-2-3-8-16(15)18/h2-3,7-8,11,14,17H,4-6,9-10H2,1H3. The maximum Gasteiger partial charge on any atom is 0.227 e. The Morgan fingerprint density at radius 1 is 1.37 bits per heavy atom. The number of hydrogen-bond acceptors (Lipinski definition) is 2. The lowest BCUT2D eigenvalue weighted by molar-refractivity contribution is 0.0941. The van der Waals surface area contributed by atoms with Crippen LogP contribution in [-0.2, 0) is 6.42 Å². The van der Waals surface area contributed by atoms with Gasteiger partial charge in [0.1, 0.15) is 0 Å². The largest absolute Gasteiger partial charge is 0.314 e. The van der Waals surface area contributed by atoms with Gasteiger partial charge in [0.2, 0.25) is 5.91 Å². The zero-order chi connectivity index (χ0) is 13.2. The summed E-state index contributed by atoms with van der Waals surface area (Å²) in [7, 11) is 0. The Labute approximate surface area is 113 Å². The Hall–Kier alpha value is -1.61. The highest BCUT2D eigenvalue weighted by molar-refractivity contribution is 5.93. The van der Waals surface area contributed by atoms with Crippen LogP contribution in [0, 0.1) is 0 Å². The molecule has 1 fully saturated rings. The minimum absolute atomic E-state index is 0.0825. The van der Waals surface area contributed by atoms with Crippen LogP contribution in [0.5, 0.6) is 0 Å². The van der Waals surface area contributed by atoms with Crippen LogP contribution in [-0.4, -0.2) is 23.1 Å². The molecule has 0 radical (unpaired) electrons. The molecule has 0 saturated carbocycles. The molecule has 2 heterocycles. The molecule has 1 unspecified atom stereocenters. The number of piperidine rings is 1. The van der Waals surface area contributed by atoms with Gasteiger partial charge in [-0.05, 0) is 37.4 Å². The van der Waals surface area contributed by atoms with E-state index in [-0.39, 0.29) is 5.91 Å². The van der Waals surface area contributed by atoms with E-state index in [0.29, 0.717) is 6.04 Å². The molecule has 100 valence electrons. The molecule has 0 amide bonds. The maximum atomic E-state index is 11.7.